The first-order valence-corrected chi connectivity index (χ1v) is 26.2. The highest BCUT2D eigenvalue weighted by atomic mass is 28.4. The number of allylic oxidation sites excluding steroid dienone is 1. The fourth-order valence-electron chi connectivity index (χ4n) is 7.01. The summed E-state index contributed by atoms with van der Waals surface area (Å²) < 4.78 is 13.4. The molecule has 0 radical (unpaired) electrons. The van der Waals surface area contributed by atoms with E-state index in [0.29, 0.717) is 0 Å². The van der Waals surface area contributed by atoms with Gasteiger partial charge in [0.15, 0.2) is 8.32 Å². The van der Waals surface area contributed by atoms with Crippen molar-refractivity contribution in [2.75, 3.05) is 0 Å². The molecular formula is C40H82O2Si2. The Morgan fingerprint density at radius 1 is 0.568 bits per heavy atom. The Balaban J connectivity index is 2.14. The second kappa shape index (κ2) is 29.2. The lowest BCUT2D eigenvalue weighted by molar-refractivity contribution is -0.0254. The van der Waals surface area contributed by atoms with E-state index in [1.54, 1.807) is 0 Å². The van der Waals surface area contributed by atoms with Crippen LogP contribution in [0.2, 0.25) is 31.7 Å². The van der Waals surface area contributed by atoms with E-state index in [1.807, 2.05) is 0 Å². The van der Waals surface area contributed by atoms with Crippen molar-refractivity contribution >= 4 is 16.6 Å². The van der Waals surface area contributed by atoms with Crippen molar-refractivity contribution in [3.05, 3.63) is 11.8 Å². The van der Waals surface area contributed by atoms with E-state index in [-0.39, 0.29) is 6.29 Å². The lowest BCUT2D eigenvalue weighted by Crippen LogP contribution is -2.47. The highest BCUT2D eigenvalue weighted by Crippen LogP contribution is 2.34. The summed E-state index contributed by atoms with van der Waals surface area (Å²) in [5, 5.41) is 0. The molecule has 2 atom stereocenters. The Kier molecular flexibility index (Phi) is 28.0. The zero-order valence-electron chi connectivity index (χ0n) is 31.2. The molecule has 262 valence electrons. The molecule has 1 rings (SSSR count). The Morgan fingerprint density at radius 3 is 1.36 bits per heavy atom. The minimum atomic E-state index is -1.83. The van der Waals surface area contributed by atoms with Gasteiger partial charge in [-0.2, -0.15) is 0 Å². The molecule has 0 amide bonds. The van der Waals surface area contributed by atoms with Gasteiger partial charge in [-0.15, -0.1) is 0 Å². The summed E-state index contributed by atoms with van der Waals surface area (Å²) in [5.41, 5.74) is 2.61. The summed E-state index contributed by atoms with van der Waals surface area (Å²) in [6.07, 6.45) is 44.9. The molecule has 2 unspecified atom stereocenters. The first kappa shape index (κ1) is 42.1. The van der Waals surface area contributed by atoms with Gasteiger partial charge in [0.05, 0.1) is 0 Å². The molecule has 0 aromatic rings. The van der Waals surface area contributed by atoms with Crippen LogP contribution in [0.5, 0.6) is 0 Å². The predicted molar refractivity (Wildman–Crippen MR) is 204 cm³/mol. The summed E-state index contributed by atoms with van der Waals surface area (Å²) in [7, 11) is -3.41. The van der Waals surface area contributed by atoms with E-state index in [1.165, 1.54) is 198 Å². The normalized spacial score (nSPS) is 19.3. The van der Waals surface area contributed by atoms with Crippen LogP contribution in [0.1, 0.15) is 206 Å². The molecule has 2 nitrogen and oxygen atoms in total. The highest BCUT2D eigenvalue weighted by molar-refractivity contribution is 6.79. The van der Waals surface area contributed by atoms with E-state index in [4.69, 9.17) is 8.85 Å². The number of rotatable bonds is 32. The summed E-state index contributed by atoms with van der Waals surface area (Å²) >= 11 is 0. The fourth-order valence-corrected chi connectivity index (χ4v) is 11.9. The van der Waals surface area contributed by atoms with E-state index in [2.05, 4.69) is 45.3 Å². The third-order valence-corrected chi connectivity index (χ3v) is 14.7. The fraction of sp³-hybridized carbons (Fsp3) is 0.950. The molecule has 4 heteroatoms. The van der Waals surface area contributed by atoms with E-state index in [9.17, 15) is 0 Å². The van der Waals surface area contributed by atoms with Crippen molar-refractivity contribution in [2.45, 2.75) is 244 Å². The summed E-state index contributed by atoms with van der Waals surface area (Å²) in [6, 6.07) is 2.62. The van der Waals surface area contributed by atoms with E-state index < -0.39 is 16.6 Å². The average molecular weight is 651 g/mol. The quantitative estimate of drug-likeness (QED) is 0.0533. The van der Waals surface area contributed by atoms with Gasteiger partial charge in [0, 0.05) is 0 Å². The SMILES string of the molecule is CCCCCCCCCC=C[Si]1(CCCCCCCCCCCCCCCCCCCCCC)CCCC(O[Si](C)(C)C)O1. The molecule has 0 bridgehead atoms. The third kappa shape index (κ3) is 26.2. The maximum atomic E-state index is 6.93. The summed E-state index contributed by atoms with van der Waals surface area (Å²) in [4.78, 5) is 0. The van der Waals surface area contributed by atoms with Crippen LogP contribution in [-0.2, 0) is 8.85 Å². The van der Waals surface area contributed by atoms with Gasteiger partial charge in [-0.05, 0) is 57.4 Å². The van der Waals surface area contributed by atoms with Crippen LogP contribution < -0.4 is 0 Å². The topological polar surface area (TPSA) is 18.5 Å². The molecule has 1 fully saturated rings. The Hall–Kier alpha value is 0.0938. The molecule has 0 saturated carbocycles. The predicted octanol–water partition coefficient (Wildman–Crippen LogP) is 15.0. The lowest BCUT2D eigenvalue weighted by atomic mass is 10.0. The molecule has 0 aromatic carbocycles. The molecule has 44 heavy (non-hydrogen) atoms. The van der Waals surface area contributed by atoms with Crippen molar-refractivity contribution in [3.63, 3.8) is 0 Å². The van der Waals surface area contributed by atoms with Gasteiger partial charge in [0.25, 0.3) is 0 Å². The van der Waals surface area contributed by atoms with Gasteiger partial charge in [0.1, 0.15) is 6.29 Å². The molecular weight excluding hydrogens is 569 g/mol. The first-order valence-electron chi connectivity index (χ1n) is 20.4. The van der Waals surface area contributed by atoms with Crippen LogP contribution in [0.4, 0.5) is 0 Å². The van der Waals surface area contributed by atoms with Crippen molar-refractivity contribution in [2.24, 2.45) is 0 Å². The largest absolute Gasteiger partial charge is 0.394 e. The average Bonchev–Trinajstić information content (AvgIpc) is 2.98. The van der Waals surface area contributed by atoms with Crippen LogP contribution >= 0.6 is 0 Å². The Bertz CT molecular complexity index is 631. The molecule has 1 saturated heterocycles. The van der Waals surface area contributed by atoms with Crippen LogP contribution in [-0.4, -0.2) is 22.9 Å². The second-order valence-electron chi connectivity index (χ2n) is 15.5. The zero-order valence-corrected chi connectivity index (χ0v) is 33.2. The highest BCUT2D eigenvalue weighted by Gasteiger charge is 2.39. The molecule has 1 aliphatic rings. The molecule has 1 aliphatic heterocycles. The minimum Gasteiger partial charge on any atom is -0.394 e. The van der Waals surface area contributed by atoms with Gasteiger partial charge in [-0.1, -0.05) is 193 Å². The van der Waals surface area contributed by atoms with Crippen molar-refractivity contribution in [1.82, 2.24) is 0 Å². The van der Waals surface area contributed by atoms with Crippen molar-refractivity contribution in [3.8, 4) is 0 Å². The number of unbranched alkanes of at least 4 members (excludes halogenated alkanes) is 26. The molecule has 1 heterocycles. The standard InChI is InChI=1S/C40H82O2Si2/c1-6-8-10-12-14-16-17-18-19-20-21-22-23-24-25-26-28-30-32-34-38-44(37-33-31-29-27-15-13-11-9-7-2)39-35-36-40(42-44)41-43(3,4)5/h33,37,40H,6-32,34-36,38-39H2,1-5H3. The van der Waals surface area contributed by atoms with Gasteiger partial charge >= 0.3 is 0 Å². The molecule has 0 N–H and O–H groups in total. The molecule has 0 aliphatic carbocycles. The zero-order chi connectivity index (χ0) is 32.0. The van der Waals surface area contributed by atoms with E-state index in [0.717, 1.165) is 6.42 Å². The van der Waals surface area contributed by atoms with Gasteiger partial charge < -0.3 is 8.85 Å². The van der Waals surface area contributed by atoms with Gasteiger partial charge in [-0.25, -0.2) is 0 Å². The van der Waals surface area contributed by atoms with Crippen LogP contribution in [0, 0.1) is 0 Å². The van der Waals surface area contributed by atoms with Crippen LogP contribution in [0.15, 0.2) is 11.8 Å². The Labute approximate surface area is 281 Å². The van der Waals surface area contributed by atoms with Crippen LogP contribution in [0.3, 0.4) is 0 Å². The summed E-state index contributed by atoms with van der Waals surface area (Å²) in [6.45, 7) is 11.5. The summed E-state index contributed by atoms with van der Waals surface area (Å²) in [5.74, 6) is 0. The first-order chi connectivity index (χ1) is 21.4. The van der Waals surface area contributed by atoms with Crippen molar-refractivity contribution < 1.29 is 8.85 Å². The smallest absolute Gasteiger partial charge is 0.220 e. The Morgan fingerprint density at radius 2 is 0.955 bits per heavy atom. The van der Waals surface area contributed by atoms with Crippen molar-refractivity contribution in [1.29, 1.82) is 0 Å². The maximum Gasteiger partial charge on any atom is 0.220 e. The molecule has 0 aromatic heterocycles. The minimum absolute atomic E-state index is 0.0652. The monoisotopic (exact) mass is 651 g/mol. The van der Waals surface area contributed by atoms with Gasteiger partial charge in [-0.3, -0.25) is 0 Å². The van der Waals surface area contributed by atoms with E-state index >= 15 is 0 Å². The second-order valence-corrected chi connectivity index (χ2v) is 23.7. The van der Waals surface area contributed by atoms with Gasteiger partial charge in [0.2, 0.25) is 8.32 Å². The number of hydrogen-bond donors (Lipinski definition) is 0. The third-order valence-electron chi connectivity index (χ3n) is 9.74. The number of hydrogen-bond acceptors (Lipinski definition) is 2. The maximum absolute atomic E-state index is 6.93. The lowest BCUT2D eigenvalue weighted by Gasteiger charge is -2.40. The van der Waals surface area contributed by atoms with Crippen LogP contribution in [0.25, 0.3) is 0 Å². The molecule has 0 spiro atoms.